The Bertz CT molecular complexity index is 333. The predicted octanol–water partition coefficient (Wildman–Crippen LogP) is 3.32. The van der Waals surface area contributed by atoms with Crippen molar-refractivity contribution in [3.63, 3.8) is 0 Å². The zero-order chi connectivity index (χ0) is 9.97. The summed E-state index contributed by atoms with van der Waals surface area (Å²) in [5, 5.41) is 0. The summed E-state index contributed by atoms with van der Waals surface area (Å²) in [7, 11) is 4.15. The number of allylic oxidation sites excluding steroid dienone is 2. The van der Waals surface area contributed by atoms with Gasteiger partial charge < -0.3 is 4.90 Å². The molecule has 74 valence electrons. The zero-order valence-corrected chi connectivity index (χ0v) is 8.96. The molecular weight excluding hydrogens is 170 g/mol. The summed E-state index contributed by atoms with van der Waals surface area (Å²) < 4.78 is 0. The minimum Gasteiger partial charge on any atom is -0.378 e. The van der Waals surface area contributed by atoms with E-state index in [1.807, 2.05) is 0 Å². The summed E-state index contributed by atoms with van der Waals surface area (Å²) in [5.41, 5.74) is 4.19. The molecule has 0 amide bonds. The third kappa shape index (κ3) is 1.82. The van der Waals surface area contributed by atoms with Gasteiger partial charge in [-0.3, -0.25) is 0 Å². The maximum atomic E-state index is 2.37. The van der Waals surface area contributed by atoms with E-state index in [9.17, 15) is 0 Å². The van der Waals surface area contributed by atoms with Crippen LogP contribution in [0.25, 0.3) is 5.57 Å². The number of benzene rings is 1. The normalized spacial score (nSPS) is 15.4. The second-order valence-electron chi connectivity index (χ2n) is 4.06. The average molecular weight is 187 g/mol. The Kier molecular flexibility index (Phi) is 2.58. The Morgan fingerprint density at radius 1 is 1.07 bits per heavy atom. The lowest BCUT2D eigenvalue weighted by atomic mass is 10.1. The summed E-state index contributed by atoms with van der Waals surface area (Å²) in [4.78, 5) is 2.13. The fourth-order valence-corrected chi connectivity index (χ4v) is 1.91. The van der Waals surface area contributed by atoms with Crippen molar-refractivity contribution in [3.05, 3.63) is 35.9 Å². The van der Waals surface area contributed by atoms with Crippen molar-refractivity contribution in [2.45, 2.75) is 19.3 Å². The molecule has 2 rings (SSSR count). The number of nitrogens with zero attached hydrogens (tertiary/aromatic N) is 1. The first-order valence-corrected chi connectivity index (χ1v) is 5.24. The van der Waals surface area contributed by atoms with Gasteiger partial charge in [0.25, 0.3) is 0 Å². The van der Waals surface area contributed by atoms with Crippen LogP contribution in [0.3, 0.4) is 0 Å². The molecule has 0 unspecified atom stereocenters. The van der Waals surface area contributed by atoms with Gasteiger partial charge in [0.1, 0.15) is 0 Å². The summed E-state index contributed by atoms with van der Waals surface area (Å²) in [6.07, 6.45) is 6.20. The van der Waals surface area contributed by atoms with Gasteiger partial charge in [-0.15, -0.1) is 0 Å². The average Bonchev–Trinajstić information content (AvgIpc) is 2.71. The molecule has 1 aromatic carbocycles. The number of rotatable bonds is 2. The summed E-state index contributed by atoms with van der Waals surface area (Å²) >= 11 is 0. The van der Waals surface area contributed by atoms with Crippen LogP contribution in [0.1, 0.15) is 24.8 Å². The largest absolute Gasteiger partial charge is 0.378 e. The van der Waals surface area contributed by atoms with E-state index in [-0.39, 0.29) is 0 Å². The first-order chi connectivity index (χ1) is 6.77. The molecule has 1 aromatic rings. The van der Waals surface area contributed by atoms with Gasteiger partial charge in [0.15, 0.2) is 0 Å². The van der Waals surface area contributed by atoms with Gasteiger partial charge in [-0.1, -0.05) is 18.2 Å². The van der Waals surface area contributed by atoms with Gasteiger partial charge in [0.2, 0.25) is 0 Å². The molecule has 0 aromatic heterocycles. The zero-order valence-electron chi connectivity index (χ0n) is 8.96. The van der Waals surface area contributed by atoms with Gasteiger partial charge in [-0.25, -0.2) is 0 Å². The van der Waals surface area contributed by atoms with Crippen molar-refractivity contribution in [2.24, 2.45) is 0 Å². The molecule has 1 nitrogen and oxygen atoms in total. The smallest absolute Gasteiger partial charge is 0.0361 e. The maximum Gasteiger partial charge on any atom is 0.0361 e. The third-order valence-corrected chi connectivity index (χ3v) is 2.80. The first kappa shape index (κ1) is 9.32. The fraction of sp³-hybridized carbons (Fsp3) is 0.385. The van der Waals surface area contributed by atoms with Crippen LogP contribution in [0.2, 0.25) is 0 Å². The number of anilines is 1. The van der Waals surface area contributed by atoms with Crippen molar-refractivity contribution in [1.82, 2.24) is 0 Å². The third-order valence-electron chi connectivity index (χ3n) is 2.80. The molecule has 0 saturated carbocycles. The number of hydrogen-bond donors (Lipinski definition) is 0. The molecule has 1 heteroatoms. The van der Waals surface area contributed by atoms with Gasteiger partial charge in [-0.2, -0.15) is 0 Å². The fourth-order valence-electron chi connectivity index (χ4n) is 1.91. The van der Waals surface area contributed by atoms with E-state index in [4.69, 9.17) is 0 Å². The lowest BCUT2D eigenvalue weighted by Crippen LogP contribution is -2.08. The second-order valence-corrected chi connectivity index (χ2v) is 4.06. The van der Waals surface area contributed by atoms with Crippen LogP contribution in [-0.4, -0.2) is 14.1 Å². The molecule has 0 aliphatic heterocycles. The van der Waals surface area contributed by atoms with Crippen molar-refractivity contribution in [3.8, 4) is 0 Å². The molecule has 0 heterocycles. The molecule has 0 saturated heterocycles. The molecule has 14 heavy (non-hydrogen) atoms. The molecule has 0 atom stereocenters. The quantitative estimate of drug-likeness (QED) is 0.686. The Labute approximate surface area is 86.1 Å². The lowest BCUT2D eigenvalue weighted by molar-refractivity contribution is 0.935. The second kappa shape index (κ2) is 3.87. The number of hydrogen-bond acceptors (Lipinski definition) is 1. The van der Waals surface area contributed by atoms with Crippen molar-refractivity contribution < 1.29 is 0 Å². The van der Waals surface area contributed by atoms with Crippen LogP contribution < -0.4 is 4.90 Å². The maximum absolute atomic E-state index is 2.37. The van der Waals surface area contributed by atoms with Crippen LogP contribution in [0.15, 0.2) is 30.3 Å². The predicted molar refractivity (Wildman–Crippen MR) is 62.6 cm³/mol. The summed E-state index contributed by atoms with van der Waals surface area (Å²) in [6, 6.07) is 8.84. The van der Waals surface area contributed by atoms with Crippen molar-refractivity contribution >= 4 is 11.3 Å². The molecule has 0 bridgehead atoms. The van der Waals surface area contributed by atoms with Crippen LogP contribution in [-0.2, 0) is 0 Å². The standard InChI is InChI=1S/C13H17N/c1-14(2)13-9-7-12(8-10-13)11-5-3-4-6-11/h5,7-10H,3-4,6H2,1-2H3. The van der Waals surface area contributed by atoms with Crippen LogP contribution >= 0.6 is 0 Å². The van der Waals surface area contributed by atoms with Gasteiger partial charge in [0.05, 0.1) is 0 Å². The highest BCUT2D eigenvalue weighted by molar-refractivity contribution is 5.68. The molecule has 0 fully saturated rings. The minimum absolute atomic E-state index is 1.25. The van der Waals surface area contributed by atoms with Gasteiger partial charge in [0, 0.05) is 19.8 Å². The van der Waals surface area contributed by atoms with E-state index in [0.717, 1.165) is 0 Å². The molecule has 1 aliphatic rings. The van der Waals surface area contributed by atoms with Crippen molar-refractivity contribution in [1.29, 1.82) is 0 Å². The summed E-state index contributed by atoms with van der Waals surface area (Å²) in [6.45, 7) is 0. The molecule has 0 spiro atoms. The Hall–Kier alpha value is -1.24. The van der Waals surface area contributed by atoms with Crippen LogP contribution in [0.5, 0.6) is 0 Å². The monoisotopic (exact) mass is 187 g/mol. The van der Waals surface area contributed by atoms with E-state index in [1.54, 1.807) is 0 Å². The highest BCUT2D eigenvalue weighted by atomic mass is 15.1. The van der Waals surface area contributed by atoms with E-state index < -0.39 is 0 Å². The topological polar surface area (TPSA) is 3.24 Å². The van der Waals surface area contributed by atoms with E-state index in [2.05, 4.69) is 49.3 Å². The molecule has 1 aliphatic carbocycles. The lowest BCUT2D eigenvalue weighted by Gasteiger charge is -2.12. The Morgan fingerprint density at radius 2 is 1.79 bits per heavy atom. The Morgan fingerprint density at radius 3 is 2.29 bits per heavy atom. The molecule has 0 radical (unpaired) electrons. The van der Waals surface area contributed by atoms with E-state index >= 15 is 0 Å². The summed E-state index contributed by atoms with van der Waals surface area (Å²) in [5.74, 6) is 0. The Balaban J connectivity index is 2.21. The van der Waals surface area contributed by atoms with Gasteiger partial charge >= 0.3 is 0 Å². The van der Waals surface area contributed by atoms with Crippen LogP contribution in [0, 0.1) is 0 Å². The minimum atomic E-state index is 1.25. The first-order valence-electron chi connectivity index (χ1n) is 5.24. The molecule has 0 N–H and O–H groups in total. The van der Waals surface area contributed by atoms with E-state index in [0.29, 0.717) is 0 Å². The molecular formula is C13H17N. The van der Waals surface area contributed by atoms with E-state index in [1.165, 1.54) is 36.1 Å². The van der Waals surface area contributed by atoms with Crippen LogP contribution in [0.4, 0.5) is 5.69 Å². The SMILES string of the molecule is CN(C)c1ccc(C2=CCCC2)cc1. The highest BCUT2D eigenvalue weighted by Gasteiger charge is 2.06. The highest BCUT2D eigenvalue weighted by Crippen LogP contribution is 2.28. The van der Waals surface area contributed by atoms with Gasteiger partial charge in [-0.05, 0) is 42.5 Å². The van der Waals surface area contributed by atoms with Crippen molar-refractivity contribution in [2.75, 3.05) is 19.0 Å².